The van der Waals surface area contributed by atoms with Crippen molar-refractivity contribution in [1.82, 2.24) is 4.90 Å². The van der Waals surface area contributed by atoms with E-state index in [1.54, 1.807) is 0 Å². The summed E-state index contributed by atoms with van der Waals surface area (Å²) in [6.07, 6.45) is -1.16. The van der Waals surface area contributed by atoms with Crippen LogP contribution in [0.3, 0.4) is 0 Å². The van der Waals surface area contributed by atoms with Crippen molar-refractivity contribution in [3.8, 4) is 5.75 Å². The average molecular weight is 434 g/mol. The molecule has 0 saturated carbocycles. The molecule has 2 rings (SSSR count). The molecule has 1 saturated heterocycles. The predicted molar refractivity (Wildman–Crippen MR) is 106 cm³/mol. The zero-order valence-corrected chi connectivity index (χ0v) is 17.4. The third-order valence-electron chi connectivity index (χ3n) is 5.64. The Bertz CT molecular complexity index is 700. The summed E-state index contributed by atoms with van der Waals surface area (Å²) < 4.78 is 56.7. The fourth-order valence-electron chi connectivity index (χ4n) is 3.72. The van der Waals surface area contributed by atoms with Gasteiger partial charge in [-0.3, -0.25) is 0 Å². The van der Waals surface area contributed by atoms with Gasteiger partial charge in [0.2, 0.25) is 0 Å². The van der Waals surface area contributed by atoms with Crippen molar-refractivity contribution in [2.24, 2.45) is 5.92 Å². The van der Waals surface area contributed by atoms with Gasteiger partial charge in [-0.2, -0.15) is 13.2 Å². The zero-order valence-electron chi connectivity index (χ0n) is 17.4. The number of halogens is 4. The van der Waals surface area contributed by atoms with Crippen LogP contribution in [0.1, 0.15) is 51.5 Å². The number of hydrogen-bond donors (Lipinski definition) is 2. The van der Waals surface area contributed by atoms with E-state index in [0.29, 0.717) is 38.3 Å². The summed E-state index contributed by atoms with van der Waals surface area (Å²) >= 11 is 0. The molecule has 1 aliphatic heterocycles. The normalized spacial score (nSPS) is 16.6. The predicted octanol–water partition coefficient (Wildman–Crippen LogP) is 5.24. The number of nitrogens with one attached hydrogen (secondary N) is 1. The number of anilines is 1. The zero-order chi connectivity index (χ0) is 22.4. The third kappa shape index (κ3) is 6.75. The molecule has 0 atom stereocenters. The largest absolute Gasteiger partial charge is 0.491 e. The van der Waals surface area contributed by atoms with Gasteiger partial charge in [-0.25, -0.2) is 9.18 Å². The molecule has 5 nitrogen and oxygen atoms in total. The minimum absolute atomic E-state index is 0.0819. The molecule has 0 aliphatic carbocycles. The number of rotatable bonds is 8. The van der Waals surface area contributed by atoms with Crippen molar-refractivity contribution in [3.63, 3.8) is 0 Å². The van der Waals surface area contributed by atoms with Gasteiger partial charge < -0.3 is 20.1 Å². The average Bonchev–Trinajstić information content (AvgIpc) is 2.70. The van der Waals surface area contributed by atoms with Crippen LogP contribution in [-0.4, -0.2) is 48.0 Å². The van der Waals surface area contributed by atoms with Crippen molar-refractivity contribution >= 4 is 11.7 Å². The fraction of sp³-hybridized carbons (Fsp3) is 0.667. The molecule has 1 heterocycles. The van der Waals surface area contributed by atoms with E-state index in [9.17, 15) is 27.5 Å². The van der Waals surface area contributed by atoms with E-state index in [0.717, 1.165) is 25.0 Å². The first-order chi connectivity index (χ1) is 14.1. The molecule has 0 bridgehead atoms. The number of ether oxygens (including phenoxy) is 1. The van der Waals surface area contributed by atoms with E-state index in [2.05, 4.69) is 19.2 Å². The number of likely N-dealkylation sites (tertiary alicyclic amines) is 1. The third-order valence-corrected chi connectivity index (χ3v) is 5.64. The Morgan fingerprint density at radius 1 is 1.23 bits per heavy atom. The Morgan fingerprint density at radius 3 is 2.40 bits per heavy atom. The maximum absolute atomic E-state index is 13.1. The number of alkyl halides is 4. The molecule has 2 N–H and O–H groups in total. The molecule has 9 heteroatoms. The number of carbonyl (C=O) groups is 1. The monoisotopic (exact) mass is 434 g/mol. The molecule has 1 aromatic rings. The number of carbonyl (C=O) groups excluding carboxylic acids is 1. The first kappa shape index (κ1) is 24.2. The molecule has 30 heavy (non-hydrogen) atoms. The second kappa shape index (κ2) is 10.3. The van der Waals surface area contributed by atoms with Crippen LogP contribution < -0.4 is 10.1 Å². The van der Waals surface area contributed by atoms with Crippen molar-refractivity contribution in [2.45, 2.75) is 57.7 Å². The standard InChI is InChI=1S/C21H30F4N2O3/c1-3-15(4-2)14-20(29)5-8-27(9-6-20)19(28)26-17-11-16(21(23,24)25)12-18(13-17)30-10-7-22/h11-13,15,29H,3-10,14H2,1-2H3,(H,26,28). The maximum Gasteiger partial charge on any atom is 0.416 e. The molecule has 0 aromatic heterocycles. The quantitative estimate of drug-likeness (QED) is 0.550. The summed E-state index contributed by atoms with van der Waals surface area (Å²) in [5.41, 5.74) is -1.90. The van der Waals surface area contributed by atoms with E-state index in [1.807, 2.05) is 0 Å². The topological polar surface area (TPSA) is 61.8 Å². The van der Waals surface area contributed by atoms with Crippen LogP contribution in [-0.2, 0) is 6.18 Å². The number of hydrogen-bond acceptors (Lipinski definition) is 3. The van der Waals surface area contributed by atoms with Crippen LogP contribution in [0.4, 0.5) is 28.0 Å². The van der Waals surface area contributed by atoms with Crippen LogP contribution in [0.25, 0.3) is 0 Å². The Morgan fingerprint density at radius 2 is 1.87 bits per heavy atom. The highest BCUT2D eigenvalue weighted by atomic mass is 19.4. The minimum atomic E-state index is -4.63. The number of urea groups is 1. The lowest BCUT2D eigenvalue weighted by Gasteiger charge is -2.39. The smallest absolute Gasteiger partial charge is 0.416 e. The lowest BCUT2D eigenvalue weighted by Crippen LogP contribution is -2.48. The molecule has 170 valence electrons. The van der Waals surface area contributed by atoms with Gasteiger partial charge in [0.1, 0.15) is 19.0 Å². The number of aliphatic hydroxyl groups is 1. The van der Waals surface area contributed by atoms with E-state index >= 15 is 0 Å². The van der Waals surface area contributed by atoms with Crippen molar-refractivity contribution < 1.29 is 32.2 Å². The van der Waals surface area contributed by atoms with Crippen LogP contribution in [0.2, 0.25) is 0 Å². The molecule has 0 spiro atoms. The molecule has 2 amide bonds. The van der Waals surface area contributed by atoms with Crippen LogP contribution in [0, 0.1) is 5.92 Å². The lowest BCUT2D eigenvalue weighted by molar-refractivity contribution is -0.137. The summed E-state index contributed by atoms with van der Waals surface area (Å²) in [5, 5.41) is 13.3. The van der Waals surface area contributed by atoms with E-state index in [4.69, 9.17) is 4.74 Å². The fourth-order valence-corrected chi connectivity index (χ4v) is 3.72. The van der Waals surface area contributed by atoms with Crippen LogP contribution in [0.15, 0.2) is 18.2 Å². The highest BCUT2D eigenvalue weighted by molar-refractivity contribution is 5.89. The van der Waals surface area contributed by atoms with E-state index in [-0.39, 0.29) is 18.0 Å². The first-order valence-electron chi connectivity index (χ1n) is 10.3. The number of piperidine rings is 1. The summed E-state index contributed by atoms with van der Waals surface area (Å²) in [4.78, 5) is 14.0. The Kier molecular flexibility index (Phi) is 8.34. The SMILES string of the molecule is CCC(CC)CC1(O)CCN(C(=O)Nc2cc(OCCF)cc(C(F)(F)F)c2)CC1. The summed E-state index contributed by atoms with van der Waals surface area (Å²) in [6, 6.07) is 2.27. The van der Waals surface area contributed by atoms with Crippen LogP contribution in [0.5, 0.6) is 5.75 Å². The molecule has 1 aliphatic rings. The minimum Gasteiger partial charge on any atom is -0.491 e. The van der Waals surface area contributed by atoms with Crippen molar-refractivity contribution in [1.29, 1.82) is 0 Å². The van der Waals surface area contributed by atoms with Gasteiger partial charge in [0.25, 0.3) is 0 Å². The van der Waals surface area contributed by atoms with E-state index in [1.165, 1.54) is 11.0 Å². The molecular formula is C21H30F4N2O3. The summed E-state index contributed by atoms with van der Waals surface area (Å²) in [7, 11) is 0. The Balaban J connectivity index is 2.04. The highest BCUT2D eigenvalue weighted by Crippen LogP contribution is 2.35. The highest BCUT2D eigenvalue weighted by Gasteiger charge is 2.36. The van der Waals surface area contributed by atoms with Gasteiger partial charge in [0.15, 0.2) is 0 Å². The summed E-state index contributed by atoms with van der Waals surface area (Å²) in [5.74, 6) is 0.249. The van der Waals surface area contributed by atoms with Gasteiger partial charge in [-0.05, 0) is 37.3 Å². The molecule has 0 unspecified atom stereocenters. The number of nitrogens with zero attached hydrogens (tertiary/aromatic N) is 1. The van der Waals surface area contributed by atoms with Crippen LogP contribution >= 0.6 is 0 Å². The molecule has 1 aromatic carbocycles. The van der Waals surface area contributed by atoms with Gasteiger partial charge in [-0.1, -0.05) is 26.7 Å². The van der Waals surface area contributed by atoms with Gasteiger partial charge in [-0.15, -0.1) is 0 Å². The number of benzene rings is 1. The van der Waals surface area contributed by atoms with Gasteiger partial charge in [0, 0.05) is 24.8 Å². The number of amides is 2. The van der Waals surface area contributed by atoms with Crippen molar-refractivity contribution in [3.05, 3.63) is 23.8 Å². The van der Waals surface area contributed by atoms with E-state index < -0.39 is 30.0 Å². The molecular weight excluding hydrogens is 404 g/mol. The molecule has 0 radical (unpaired) electrons. The second-order valence-corrected chi connectivity index (χ2v) is 7.81. The van der Waals surface area contributed by atoms with Crippen molar-refractivity contribution in [2.75, 3.05) is 31.7 Å². The van der Waals surface area contributed by atoms with Gasteiger partial charge >= 0.3 is 12.2 Å². The lowest BCUT2D eigenvalue weighted by atomic mass is 9.81. The summed E-state index contributed by atoms with van der Waals surface area (Å²) in [6.45, 7) is 3.57. The Labute approximate surface area is 174 Å². The Hall–Kier alpha value is -2.03. The molecule has 1 fully saturated rings. The maximum atomic E-state index is 13.1. The van der Waals surface area contributed by atoms with Gasteiger partial charge in [0.05, 0.1) is 11.2 Å². The first-order valence-corrected chi connectivity index (χ1v) is 10.3. The second-order valence-electron chi connectivity index (χ2n) is 7.81.